The van der Waals surface area contributed by atoms with Crippen molar-refractivity contribution in [3.8, 4) is 33.9 Å². The molecule has 0 fully saturated rings. The van der Waals surface area contributed by atoms with Crippen molar-refractivity contribution in [2.75, 3.05) is 20.0 Å². The molecule has 0 bridgehead atoms. The molecule has 216 valence electrons. The highest BCUT2D eigenvalue weighted by molar-refractivity contribution is 6.08. The third-order valence-corrected chi connectivity index (χ3v) is 7.18. The van der Waals surface area contributed by atoms with Gasteiger partial charge in [-0.2, -0.15) is 0 Å². The fourth-order valence-corrected chi connectivity index (χ4v) is 5.18. The van der Waals surface area contributed by atoms with Crippen molar-refractivity contribution in [3.63, 3.8) is 0 Å². The minimum absolute atomic E-state index is 0.140. The number of benzene rings is 5. The Morgan fingerprint density at radius 1 is 0.767 bits per heavy atom. The second-order valence-electron chi connectivity index (χ2n) is 9.91. The highest BCUT2D eigenvalue weighted by atomic mass is 16.7. The molecular formula is C36H30O7. The largest absolute Gasteiger partial charge is 0.489 e. The molecule has 1 heterocycles. The zero-order valence-electron chi connectivity index (χ0n) is 23.9. The summed E-state index contributed by atoms with van der Waals surface area (Å²) in [6.07, 6.45) is 0. The summed E-state index contributed by atoms with van der Waals surface area (Å²) >= 11 is 0. The highest BCUT2D eigenvalue weighted by Crippen LogP contribution is 2.42. The lowest BCUT2D eigenvalue weighted by Crippen LogP contribution is -2.07. The van der Waals surface area contributed by atoms with E-state index in [1.165, 1.54) is 12.1 Å². The molecule has 0 unspecified atom stereocenters. The molecule has 6 rings (SSSR count). The minimum atomic E-state index is -0.418. The number of carbonyl (C=O) groups is 1. The molecule has 7 nitrogen and oxygen atoms in total. The van der Waals surface area contributed by atoms with Gasteiger partial charge in [0, 0.05) is 40.8 Å². The maximum atomic E-state index is 12.9. The van der Waals surface area contributed by atoms with E-state index in [-0.39, 0.29) is 25.4 Å². The van der Waals surface area contributed by atoms with Crippen molar-refractivity contribution in [2.24, 2.45) is 0 Å². The van der Waals surface area contributed by atoms with Crippen LogP contribution in [0.25, 0.3) is 44.2 Å². The molecule has 0 N–H and O–H groups in total. The Morgan fingerprint density at radius 2 is 1.56 bits per heavy atom. The van der Waals surface area contributed by atoms with Crippen LogP contribution in [0.4, 0.5) is 0 Å². The van der Waals surface area contributed by atoms with Crippen LogP contribution in [-0.2, 0) is 16.1 Å². The Kier molecular flexibility index (Phi) is 8.07. The van der Waals surface area contributed by atoms with Crippen molar-refractivity contribution in [2.45, 2.75) is 20.5 Å². The molecule has 0 amide bonds. The molecule has 0 spiro atoms. The van der Waals surface area contributed by atoms with Gasteiger partial charge >= 0.3 is 5.97 Å². The zero-order valence-corrected chi connectivity index (χ0v) is 23.9. The summed E-state index contributed by atoms with van der Waals surface area (Å²) in [4.78, 5) is 25.2. The van der Waals surface area contributed by atoms with E-state index in [1.54, 1.807) is 31.2 Å². The number of ether oxygens (including phenoxy) is 4. The molecule has 0 saturated carbocycles. The van der Waals surface area contributed by atoms with Crippen LogP contribution in [0.1, 0.15) is 29.8 Å². The van der Waals surface area contributed by atoms with Crippen molar-refractivity contribution >= 4 is 27.7 Å². The molecule has 0 aromatic heterocycles. The second kappa shape index (κ2) is 12.4. The predicted octanol–water partition coefficient (Wildman–Crippen LogP) is 7.85. The standard InChI is InChI=1S/C36H30O7/c1-3-39-22-42-32-18-24-10-6-5-9-23(24)17-25(32)21-41-27-14-16-31-34(20-27)43-33-19-26(37)13-15-30(33)35(31)28-11-7-8-12-29(28)36(38)40-4-2/h5-20H,3-4,21-22H2,1-2H3. The Morgan fingerprint density at radius 3 is 2.37 bits per heavy atom. The van der Waals surface area contributed by atoms with E-state index >= 15 is 0 Å². The SMILES string of the molecule is CCOCOc1cc2ccccc2cc1COc1ccc2c(-c3ccccc3C(=O)OCC)c3ccc(=O)cc-3oc2c1. The summed E-state index contributed by atoms with van der Waals surface area (Å²) in [5.74, 6) is 1.25. The maximum absolute atomic E-state index is 12.9. The van der Waals surface area contributed by atoms with Gasteiger partial charge in [-0.3, -0.25) is 4.79 Å². The lowest BCUT2D eigenvalue weighted by atomic mass is 9.91. The van der Waals surface area contributed by atoms with E-state index in [2.05, 4.69) is 6.07 Å². The van der Waals surface area contributed by atoms with Crippen LogP contribution in [0, 0.1) is 0 Å². The minimum Gasteiger partial charge on any atom is -0.489 e. The fourth-order valence-electron chi connectivity index (χ4n) is 5.18. The molecule has 0 radical (unpaired) electrons. The van der Waals surface area contributed by atoms with Gasteiger partial charge in [0.2, 0.25) is 0 Å². The van der Waals surface area contributed by atoms with E-state index in [0.717, 1.165) is 27.3 Å². The van der Waals surface area contributed by atoms with Gasteiger partial charge in [0.1, 0.15) is 29.4 Å². The lowest BCUT2D eigenvalue weighted by molar-refractivity contribution is 0.0214. The molecular weight excluding hydrogens is 544 g/mol. The number of fused-ring (bicyclic) bond motifs is 3. The summed E-state index contributed by atoms with van der Waals surface area (Å²) in [5.41, 5.74) is 3.80. The van der Waals surface area contributed by atoms with E-state index in [0.29, 0.717) is 46.1 Å². The average molecular weight is 575 g/mol. The van der Waals surface area contributed by atoms with E-state index in [9.17, 15) is 9.59 Å². The van der Waals surface area contributed by atoms with Crippen LogP contribution in [0.3, 0.4) is 0 Å². The summed E-state index contributed by atoms with van der Waals surface area (Å²) < 4.78 is 29.2. The molecule has 43 heavy (non-hydrogen) atoms. The maximum Gasteiger partial charge on any atom is 0.338 e. The Balaban J connectivity index is 1.41. The van der Waals surface area contributed by atoms with Crippen molar-refractivity contribution in [1.82, 2.24) is 0 Å². The highest BCUT2D eigenvalue weighted by Gasteiger charge is 2.22. The molecule has 1 aliphatic carbocycles. The van der Waals surface area contributed by atoms with Gasteiger partial charge in [-0.05, 0) is 72.6 Å². The van der Waals surface area contributed by atoms with Gasteiger partial charge in [-0.1, -0.05) is 42.5 Å². The predicted molar refractivity (Wildman–Crippen MR) is 166 cm³/mol. The van der Waals surface area contributed by atoms with Crippen molar-refractivity contribution < 1.29 is 28.2 Å². The Labute approximate surface area is 248 Å². The topological polar surface area (TPSA) is 84.2 Å². The molecule has 0 saturated heterocycles. The van der Waals surface area contributed by atoms with Gasteiger partial charge < -0.3 is 23.4 Å². The van der Waals surface area contributed by atoms with Crippen molar-refractivity contribution in [3.05, 3.63) is 118 Å². The number of hydrogen-bond donors (Lipinski definition) is 0. The first-order chi connectivity index (χ1) is 21.1. The van der Waals surface area contributed by atoms with Gasteiger partial charge in [0.15, 0.2) is 12.2 Å². The molecule has 4 aromatic rings. The first kappa shape index (κ1) is 28.0. The normalized spacial score (nSPS) is 11.2. The Bertz CT molecular complexity index is 1960. The first-order valence-electron chi connectivity index (χ1n) is 14.2. The van der Waals surface area contributed by atoms with E-state index < -0.39 is 5.97 Å². The van der Waals surface area contributed by atoms with Crippen LogP contribution in [0.15, 0.2) is 106 Å². The van der Waals surface area contributed by atoms with Crippen LogP contribution in [-0.4, -0.2) is 26.0 Å². The molecule has 2 aliphatic rings. The van der Waals surface area contributed by atoms with E-state index in [4.69, 9.17) is 23.4 Å². The summed E-state index contributed by atoms with van der Waals surface area (Å²) in [6.45, 7) is 4.88. The second-order valence-corrected chi connectivity index (χ2v) is 9.91. The van der Waals surface area contributed by atoms with Gasteiger partial charge in [-0.25, -0.2) is 4.79 Å². The average Bonchev–Trinajstić information content (AvgIpc) is 3.02. The van der Waals surface area contributed by atoms with E-state index in [1.807, 2.05) is 61.5 Å². The van der Waals surface area contributed by atoms with Gasteiger partial charge in [0.05, 0.1) is 12.2 Å². The molecule has 7 heteroatoms. The Hall–Kier alpha value is -5.14. The summed E-state index contributed by atoms with van der Waals surface area (Å²) in [7, 11) is 0. The fraction of sp³-hybridized carbons (Fsp3) is 0.167. The number of esters is 1. The molecule has 1 aliphatic heterocycles. The number of rotatable bonds is 10. The smallest absolute Gasteiger partial charge is 0.338 e. The first-order valence-corrected chi connectivity index (χ1v) is 14.2. The monoisotopic (exact) mass is 574 g/mol. The van der Waals surface area contributed by atoms with Crippen LogP contribution in [0.5, 0.6) is 11.5 Å². The summed E-state index contributed by atoms with van der Waals surface area (Å²) in [6, 6.07) is 29.6. The third-order valence-electron chi connectivity index (χ3n) is 7.18. The molecule has 0 atom stereocenters. The number of carbonyl (C=O) groups excluding carboxylic acids is 1. The lowest BCUT2D eigenvalue weighted by Gasteiger charge is -2.18. The van der Waals surface area contributed by atoms with Gasteiger partial charge in [-0.15, -0.1) is 0 Å². The zero-order chi connectivity index (χ0) is 29.8. The van der Waals surface area contributed by atoms with Gasteiger partial charge in [0.25, 0.3) is 0 Å². The van der Waals surface area contributed by atoms with Crippen LogP contribution in [0.2, 0.25) is 0 Å². The van der Waals surface area contributed by atoms with Crippen LogP contribution >= 0.6 is 0 Å². The molecule has 4 aromatic carbocycles. The van der Waals surface area contributed by atoms with Crippen LogP contribution < -0.4 is 14.9 Å². The quantitative estimate of drug-likeness (QED) is 0.0713. The number of hydrogen-bond acceptors (Lipinski definition) is 7. The van der Waals surface area contributed by atoms with Crippen molar-refractivity contribution in [1.29, 1.82) is 0 Å². The summed E-state index contributed by atoms with van der Waals surface area (Å²) in [5, 5.41) is 2.90. The third kappa shape index (κ3) is 5.80.